The van der Waals surface area contributed by atoms with Crippen molar-refractivity contribution in [3.05, 3.63) is 23.9 Å². The summed E-state index contributed by atoms with van der Waals surface area (Å²) < 4.78 is 5.50. The van der Waals surface area contributed by atoms with Gasteiger partial charge in [0.15, 0.2) is 0 Å². The molecule has 0 aromatic rings. The Morgan fingerprint density at radius 3 is 2.83 bits per heavy atom. The van der Waals surface area contributed by atoms with Crippen molar-refractivity contribution in [1.29, 1.82) is 0 Å². The second-order valence-corrected chi connectivity index (χ2v) is 5.87. The van der Waals surface area contributed by atoms with Crippen molar-refractivity contribution in [1.82, 2.24) is 10.2 Å². The fourth-order valence-electron chi connectivity index (χ4n) is 2.25. The Hall–Kier alpha value is -1.62. The van der Waals surface area contributed by atoms with E-state index in [1.165, 1.54) is 6.42 Å². The lowest BCUT2D eigenvalue weighted by Gasteiger charge is -2.17. The summed E-state index contributed by atoms with van der Waals surface area (Å²) in [5, 5.41) is 2.83. The maximum Gasteiger partial charge on any atom is 0.251 e. The van der Waals surface area contributed by atoms with Crippen LogP contribution in [-0.2, 0) is 14.3 Å². The third-order valence-electron chi connectivity index (χ3n) is 3.97. The standard InChI is InChI=1S/C18H30N2O3/c1-4-6-16-7-8-18(22)20(16)12-9-17(21)19-11-14-23-13-10-15(3)5-2/h6-8,15H,4-5,9-14H2,1-3H3,(H,19,21)/b16-6-. The van der Waals surface area contributed by atoms with Gasteiger partial charge >= 0.3 is 0 Å². The molecule has 1 N–H and O–H groups in total. The van der Waals surface area contributed by atoms with Crippen molar-refractivity contribution >= 4 is 11.8 Å². The van der Waals surface area contributed by atoms with Gasteiger partial charge in [-0.3, -0.25) is 9.59 Å². The second kappa shape index (κ2) is 11.0. The van der Waals surface area contributed by atoms with E-state index < -0.39 is 0 Å². The number of nitrogens with zero attached hydrogens (tertiary/aromatic N) is 1. The predicted molar refractivity (Wildman–Crippen MR) is 91.7 cm³/mol. The van der Waals surface area contributed by atoms with Crippen molar-refractivity contribution in [2.45, 2.75) is 46.5 Å². The molecule has 0 aromatic carbocycles. The summed E-state index contributed by atoms with van der Waals surface area (Å²) in [6.07, 6.45) is 8.73. The Bertz CT molecular complexity index is 444. The van der Waals surface area contributed by atoms with Gasteiger partial charge in [0, 0.05) is 37.9 Å². The maximum absolute atomic E-state index is 11.8. The van der Waals surface area contributed by atoms with Crippen LogP contribution in [0.5, 0.6) is 0 Å². The normalized spacial score (nSPS) is 17.1. The molecule has 2 amide bonds. The number of amides is 2. The molecule has 23 heavy (non-hydrogen) atoms. The smallest absolute Gasteiger partial charge is 0.251 e. The zero-order chi connectivity index (χ0) is 17.1. The minimum atomic E-state index is -0.0501. The Morgan fingerprint density at radius 2 is 2.13 bits per heavy atom. The van der Waals surface area contributed by atoms with E-state index in [-0.39, 0.29) is 11.8 Å². The van der Waals surface area contributed by atoms with E-state index in [1.54, 1.807) is 17.1 Å². The number of allylic oxidation sites excluding steroid dienone is 2. The highest BCUT2D eigenvalue weighted by atomic mass is 16.5. The van der Waals surface area contributed by atoms with Crippen LogP contribution in [0.25, 0.3) is 0 Å². The van der Waals surface area contributed by atoms with Gasteiger partial charge in [-0.2, -0.15) is 0 Å². The van der Waals surface area contributed by atoms with Crippen LogP contribution in [0.2, 0.25) is 0 Å². The van der Waals surface area contributed by atoms with Crippen molar-refractivity contribution in [2.24, 2.45) is 5.92 Å². The maximum atomic E-state index is 11.8. The molecule has 0 aliphatic carbocycles. The summed E-state index contributed by atoms with van der Waals surface area (Å²) in [5.41, 5.74) is 0.888. The molecule has 1 aliphatic heterocycles. The first-order valence-corrected chi connectivity index (χ1v) is 8.62. The molecule has 0 fully saturated rings. The molecule has 0 saturated carbocycles. The van der Waals surface area contributed by atoms with Crippen LogP contribution in [-0.4, -0.2) is 43.0 Å². The molecule has 0 spiro atoms. The van der Waals surface area contributed by atoms with Gasteiger partial charge in [-0.05, 0) is 24.8 Å². The Balaban J connectivity index is 2.13. The highest BCUT2D eigenvalue weighted by Gasteiger charge is 2.20. The van der Waals surface area contributed by atoms with E-state index in [2.05, 4.69) is 19.2 Å². The molecule has 0 radical (unpaired) electrons. The van der Waals surface area contributed by atoms with Gasteiger partial charge in [0.25, 0.3) is 5.91 Å². The van der Waals surface area contributed by atoms with Crippen LogP contribution in [0.3, 0.4) is 0 Å². The summed E-state index contributed by atoms with van der Waals surface area (Å²) in [6.45, 7) is 8.61. The van der Waals surface area contributed by atoms with Gasteiger partial charge in [-0.25, -0.2) is 0 Å². The molecule has 0 aromatic heterocycles. The van der Waals surface area contributed by atoms with E-state index in [9.17, 15) is 9.59 Å². The average molecular weight is 322 g/mol. The van der Waals surface area contributed by atoms with Crippen LogP contribution in [0, 0.1) is 5.92 Å². The van der Waals surface area contributed by atoms with Gasteiger partial charge in [-0.15, -0.1) is 0 Å². The molecule has 1 heterocycles. The average Bonchev–Trinajstić information content (AvgIpc) is 2.89. The molecule has 5 heteroatoms. The number of hydrogen-bond donors (Lipinski definition) is 1. The lowest BCUT2D eigenvalue weighted by atomic mass is 10.1. The van der Waals surface area contributed by atoms with Crippen molar-refractivity contribution < 1.29 is 14.3 Å². The van der Waals surface area contributed by atoms with Gasteiger partial charge in [0.2, 0.25) is 5.91 Å². The minimum absolute atomic E-state index is 0.0499. The molecule has 1 aliphatic rings. The first kappa shape index (κ1) is 19.4. The number of carbonyl (C=O) groups is 2. The van der Waals surface area contributed by atoms with Crippen molar-refractivity contribution in [3.63, 3.8) is 0 Å². The predicted octanol–water partition coefficient (Wildman–Crippen LogP) is 2.64. The van der Waals surface area contributed by atoms with Gasteiger partial charge < -0.3 is 15.0 Å². The molecule has 1 unspecified atom stereocenters. The van der Waals surface area contributed by atoms with E-state index in [0.29, 0.717) is 32.0 Å². The molecule has 130 valence electrons. The largest absolute Gasteiger partial charge is 0.380 e. The summed E-state index contributed by atoms with van der Waals surface area (Å²) >= 11 is 0. The molecule has 1 atom stereocenters. The number of hydrogen-bond acceptors (Lipinski definition) is 3. The first-order valence-electron chi connectivity index (χ1n) is 8.62. The second-order valence-electron chi connectivity index (χ2n) is 5.87. The zero-order valence-corrected chi connectivity index (χ0v) is 14.6. The Morgan fingerprint density at radius 1 is 1.35 bits per heavy atom. The highest BCUT2D eigenvalue weighted by molar-refractivity contribution is 5.93. The molecular weight excluding hydrogens is 292 g/mol. The third-order valence-corrected chi connectivity index (χ3v) is 3.97. The summed E-state index contributed by atoms with van der Waals surface area (Å²) in [4.78, 5) is 25.2. The lowest BCUT2D eigenvalue weighted by molar-refractivity contribution is -0.124. The molecular formula is C18H30N2O3. The van der Waals surface area contributed by atoms with E-state index in [4.69, 9.17) is 4.74 Å². The van der Waals surface area contributed by atoms with Crippen LogP contribution < -0.4 is 5.32 Å². The zero-order valence-electron chi connectivity index (χ0n) is 14.6. The van der Waals surface area contributed by atoms with Crippen LogP contribution in [0.15, 0.2) is 23.9 Å². The summed E-state index contributed by atoms with van der Waals surface area (Å²) in [6, 6.07) is 0. The molecule has 5 nitrogen and oxygen atoms in total. The van der Waals surface area contributed by atoms with Crippen LogP contribution >= 0.6 is 0 Å². The van der Waals surface area contributed by atoms with E-state index >= 15 is 0 Å². The van der Waals surface area contributed by atoms with Gasteiger partial charge in [-0.1, -0.05) is 33.3 Å². The fourth-order valence-corrected chi connectivity index (χ4v) is 2.25. The third kappa shape index (κ3) is 7.46. The Labute approximate surface area is 139 Å². The number of nitrogens with one attached hydrogen (secondary N) is 1. The minimum Gasteiger partial charge on any atom is -0.380 e. The van der Waals surface area contributed by atoms with Crippen molar-refractivity contribution in [2.75, 3.05) is 26.3 Å². The highest BCUT2D eigenvalue weighted by Crippen LogP contribution is 2.15. The summed E-state index contributed by atoms with van der Waals surface area (Å²) in [7, 11) is 0. The van der Waals surface area contributed by atoms with Gasteiger partial charge in [0.05, 0.1) is 6.61 Å². The Kier molecular flexibility index (Phi) is 9.29. The topological polar surface area (TPSA) is 58.6 Å². The SMILES string of the molecule is CC/C=C1/C=CC(=O)N1CCC(=O)NCCOCCC(C)CC. The quantitative estimate of drug-likeness (QED) is 0.595. The molecule has 1 rings (SSSR count). The monoisotopic (exact) mass is 322 g/mol. The number of rotatable bonds is 11. The number of ether oxygens (including phenoxy) is 1. The first-order chi connectivity index (χ1) is 11.1. The van der Waals surface area contributed by atoms with Crippen LogP contribution in [0.1, 0.15) is 46.5 Å². The fraction of sp³-hybridized carbons (Fsp3) is 0.667. The van der Waals surface area contributed by atoms with Crippen LogP contribution in [0.4, 0.5) is 0 Å². The number of carbonyl (C=O) groups excluding carboxylic acids is 2. The van der Waals surface area contributed by atoms with E-state index in [1.807, 2.05) is 13.0 Å². The van der Waals surface area contributed by atoms with E-state index in [0.717, 1.165) is 25.1 Å². The summed E-state index contributed by atoms with van der Waals surface area (Å²) in [5.74, 6) is 0.582. The van der Waals surface area contributed by atoms with Gasteiger partial charge in [0.1, 0.15) is 0 Å². The lowest BCUT2D eigenvalue weighted by Crippen LogP contribution is -2.32. The van der Waals surface area contributed by atoms with Crippen molar-refractivity contribution in [3.8, 4) is 0 Å². The molecule has 0 saturated heterocycles. The molecule has 0 bridgehead atoms.